The molecule has 1 fully saturated rings. The smallest absolute Gasteiger partial charge is 0.180 e. The van der Waals surface area contributed by atoms with Gasteiger partial charge >= 0.3 is 0 Å². The van der Waals surface area contributed by atoms with Crippen LogP contribution < -0.4 is 4.74 Å². The molecule has 1 heterocycles. The van der Waals surface area contributed by atoms with E-state index in [9.17, 15) is 4.39 Å². The van der Waals surface area contributed by atoms with E-state index in [2.05, 4.69) is 15.9 Å². The molecular weight excluding hydrogens is 313 g/mol. The number of nitrogens with zero attached hydrogens (tertiary/aromatic N) is 1. The first-order valence-electron chi connectivity index (χ1n) is 6.21. The summed E-state index contributed by atoms with van der Waals surface area (Å²) in [5, 5.41) is 8.82. The van der Waals surface area contributed by atoms with Gasteiger partial charge in [-0.05, 0) is 41.9 Å². The van der Waals surface area contributed by atoms with Crippen LogP contribution in [0, 0.1) is 17.1 Å². The van der Waals surface area contributed by atoms with E-state index >= 15 is 0 Å². The number of nitriles is 1. The van der Waals surface area contributed by atoms with E-state index in [0.29, 0.717) is 0 Å². The van der Waals surface area contributed by atoms with Crippen LogP contribution in [0.1, 0.15) is 32.3 Å². The van der Waals surface area contributed by atoms with Crippen LogP contribution in [0.5, 0.6) is 5.75 Å². The predicted molar refractivity (Wildman–Crippen MR) is 72.5 cm³/mol. The van der Waals surface area contributed by atoms with Gasteiger partial charge in [0.2, 0.25) is 0 Å². The van der Waals surface area contributed by atoms with Crippen molar-refractivity contribution in [3.8, 4) is 11.8 Å². The molecule has 2 atom stereocenters. The average molecular weight is 328 g/mol. The van der Waals surface area contributed by atoms with Crippen LogP contribution >= 0.6 is 15.9 Å². The Labute approximate surface area is 120 Å². The molecule has 0 aliphatic carbocycles. The van der Waals surface area contributed by atoms with Crippen molar-refractivity contribution in [3.63, 3.8) is 0 Å². The second-order valence-corrected chi connectivity index (χ2v) is 5.61. The molecule has 1 aromatic rings. The predicted octanol–water partition coefficient (Wildman–Crippen LogP) is 3.79. The fraction of sp³-hybridized carbons (Fsp3) is 0.500. The lowest BCUT2D eigenvalue weighted by atomic mass is 10.0. The van der Waals surface area contributed by atoms with E-state index in [-0.39, 0.29) is 34.1 Å². The number of hydrogen-bond acceptors (Lipinski definition) is 3. The zero-order chi connectivity index (χ0) is 14.0. The average Bonchev–Trinajstić information content (AvgIpc) is 2.34. The SMILES string of the molecule is CC1CC(Oc2ccc(C#N)c(Br)c2F)CC(C)O1. The third kappa shape index (κ3) is 3.26. The van der Waals surface area contributed by atoms with E-state index in [1.807, 2.05) is 19.9 Å². The summed E-state index contributed by atoms with van der Waals surface area (Å²) in [5.74, 6) is -0.344. The zero-order valence-electron chi connectivity index (χ0n) is 10.8. The lowest BCUT2D eigenvalue weighted by Crippen LogP contribution is -2.35. The Balaban J connectivity index is 2.16. The second-order valence-electron chi connectivity index (χ2n) is 4.82. The van der Waals surface area contributed by atoms with Crippen LogP contribution in [0.2, 0.25) is 0 Å². The van der Waals surface area contributed by atoms with Crippen LogP contribution in [0.3, 0.4) is 0 Å². The third-order valence-electron chi connectivity index (χ3n) is 3.12. The first-order chi connectivity index (χ1) is 9.01. The Morgan fingerprint density at radius 2 is 2.00 bits per heavy atom. The molecule has 0 amide bonds. The minimum absolute atomic E-state index is 0.0620. The number of rotatable bonds is 2. The van der Waals surface area contributed by atoms with Crippen molar-refractivity contribution in [2.24, 2.45) is 0 Å². The van der Waals surface area contributed by atoms with Gasteiger partial charge in [-0.25, -0.2) is 4.39 Å². The van der Waals surface area contributed by atoms with Gasteiger partial charge in [-0.2, -0.15) is 5.26 Å². The Hall–Kier alpha value is -1.12. The summed E-state index contributed by atoms with van der Waals surface area (Å²) in [7, 11) is 0. The maximum Gasteiger partial charge on any atom is 0.180 e. The van der Waals surface area contributed by atoms with Crippen LogP contribution in [-0.2, 0) is 4.74 Å². The summed E-state index contributed by atoms with van der Waals surface area (Å²) in [4.78, 5) is 0. The van der Waals surface area contributed by atoms with Gasteiger partial charge in [0.25, 0.3) is 0 Å². The van der Waals surface area contributed by atoms with Gasteiger partial charge in [-0.1, -0.05) is 0 Å². The third-order valence-corrected chi connectivity index (χ3v) is 3.89. The summed E-state index contributed by atoms with van der Waals surface area (Å²) in [6, 6.07) is 4.97. The summed E-state index contributed by atoms with van der Waals surface area (Å²) >= 11 is 3.08. The highest BCUT2D eigenvalue weighted by atomic mass is 79.9. The first-order valence-corrected chi connectivity index (χ1v) is 7.00. The number of benzene rings is 1. The molecular formula is C14H15BrFNO2. The lowest BCUT2D eigenvalue weighted by Gasteiger charge is -2.32. The molecule has 1 aliphatic heterocycles. The Bertz CT molecular complexity index is 505. The summed E-state index contributed by atoms with van der Waals surface area (Å²) in [6.07, 6.45) is 1.63. The minimum atomic E-state index is -0.522. The van der Waals surface area contributed by atoms with Crippen LogP contribution in [0.4, 0.5) is 4.39 Å². The summed E-state index contributed by atoms with van der Waals surface area (Å²) < 4.78 is 25.5. The maximum atomic E-state index is 14.0. The molecule has 0 aromatic heterocycles. The molecule has 2 unspecified atom stereocenters. The van der Waals surface area contributed by atoms with E-state index in [1.165, 1.54) is 6.07 Å². The molecule has 1 saturated heterocycles. The topological polar surface area (TPSA) is 42.2 Å². The molecule has 0 bridgehead atoms. The van der Waals surface area contributed by atoms with Gasteiger partial charge in [-0.15, -0.1) is 0 Å². The number of hydrogen-bond donors (Lipinski definition) is 0. The maximum absolute atomic E-state index is 14.0. The van der Waals surface area contributed by atoms with Crippen molar-refractivity contribution in [2.75, 3.05) is 0 Å². The second kappa shape index (κ2) is 5.89. The van der Waals surface area contributed by atoms with Crippen LogP contribution in [-0.4, -0.2) is 18.3 Å². The van der Waals surface area contributed by atoms with Gasteiger partial charge in [0.1, 0.15) is 12.2 Å². The number of halogens is 2. The first kappa shape index (κ1) is 14.3. The van der Waals surface area contributed by atoms with Crippen molar-refractivity contribution in [3.05, 3.63) is 28.0 Å². The van der Waals surface area contributed by atoms with Gasteiger partial charge in [0.05, 0.1) is 22.2 Å². The Kier molecular flexibility index (Phi) is 4.43. The van der Waals surface area contributed by atoms with Gasteiger partial charge in [-0.3, -0.25) is 0 Å². The van der Waals surface area contributed by atoms with E-state index in [4.69, 9.17) is 14.7 Å². The zero-order valence-corrected chi connectivity index (χ0v) is 12.4. The van der Waals surface area contributed by atoms with E-state index < -0.39 is 5.82 Å². The van der Waals surface area contributed by atoms with Gasteiger partial charge in [0.15, 0.2) is 11.6 Å². The fourth-order valence-electron chi connectivity index (χ4n) is 2.33. The number of ether oxygens (including phenoxy) is 2. The molecule has 3 nitrogen and oxygen atoms in total. The summed E-state index contributed by atoms with van der Waals surface area (Å²) in [6.45, 7) is 3.97. The highest BCUT2D eigenvalue weighted by Crippen LogP contribution is 2.31. The molecule has 5 heteroatoms. The fourth-order valence-corrected chi connectivity index (χ4v) is 2.75. The standard InChI is InChI=1S/C14H15BrFNO2/c1-8-5-11(6-9(2)18-8)19-12-4-3-10(7-17)13(15)14(12)16/h3-4,8-9,11H,5-6H2,1-2H3. The monoisotopic (exact) mass is 327 g/mol. The molecule has 0 saturated carbocycles. The molecule has 0 radical (unpaired) electrons. The molecule has 0 spiro atoms. The van der Waals surface area contributed by atoms with Crippen molar-refractivity contribution in [1.82, 2.24) is 0 Å². The van der Waals surface area contributed by atoms with Gasteiger partial charge < -0.3 is 9.47 Å². The van der Waals surface area contributed by atoms with Crippen LogP contribution in [0.15, 0.2) is 16.6 Å². The van der Waals surface area contributed by atoms with Crippen LogP contribution in [0.25, 0.3) is 0 Å². The Morgan fingerprint density at radius 3 is 2.58 bits per heavy atom. The van der Waals surface area contributed by atoms with Gasteiger partial charge in [0, 0.05) is 12.8 Å². The Morgan fingerprint density at radius 1 is 1.37 bits per heavy atom. The minimum Gasteiger partial charge on any atom is -0.487 e. The highest BCUT2D eigenvalue weighted by molar-refractivity contribution is 9.10. The lowest BCUT2D eigenvalue weighted by molar-refractivity contribution is -0.0728. The largest absolute Gasteiger partial charge is 0.487 e. The molecule has 1 aliphatic rings. The molecule has 19 heavy (non-hydrogen) atoms. The summed E-state index contributed by atoms with van der Waals surface area (Å²) in [5.41, 5.74) is 0.263. The van der Waals surface area contributed by atoms with Crippen molar-refractivity contribution >= 4 is 15.9 Å². The normalized spacial score (nSPS) is 26.8. The van der Waals surface area contributed by atoms with Crippen molar-refractivity contribution in [1.29, 1.82) is 5.26 Å². The molecule has 102 valence electrons. The van der Waals surface area contributed by atoms with Crippen molar-refractivity contribution in [2.45, 2.75) is 45.0 Å². The van der Waals surface area contributed by atoms with E-state index in [0.717, 1.165) is 12.8 Å². The van der Waals surface area contributed by atoms with Crippen molar-refractivity contribution < 1.29 is 13.9 Å². The highest BCUT2D eigenvalue weighted by Gasteiger charge is 2.27. The van der Waals surface area contributed by atoms with E-state index in [1.54, 1.807) is 6.07 Å². The quantitative estimate of drug-likeness (QED) is 0.829. The molecule has 2 rings (SSSR count). The molecule has 0 N–H and O–H groups in total. The molecule has 1 aromatic carbocycles.